The molecular formula is C12H13NO. The molecule has 0 heterocycles. The molecule has 72 valence electrons. The van der Waals surface area contributed by atoms with E-state index >= 15 is 0 Å². The summed E-state index contributed by atoms with van der Waals surface area (Å²) in [6.45, 7) is 3.87. The molecule has 0 bridgehead atoms. The van der Waals surface area contributed by atoms with Crippen molar-refractivity contribution in [1.82, 2.24) is 0 Å². The van der Waals surface area contributed by atoms with Crippen LogP contribution in [0.25, 0.3) is 0 Å². The largest absolute Gasteiger partial charge is 0.384 e. The van der Waals surface area contributed by atoms with Gasteiger partial charge in [0, 0.05) is 0 Å². The smallest absolute Gasteiger partial charge is 0.0991 e. The number of benzene rings is 1. The molecule has 1 aromatic carbocycles. The molecule has 0 aromatic heterocycles. The molecular weight excluding hydrogens is 174 g/mol. The van der Waals surface area contributed by atoms with E-state index in [-0.39, 0.29) is 0 Å². The summed E-state index contributed by atoms with van der Waals surface area (Å²) in [5.41, 5.74) is 2.49. The van der Waals surface area contributed by atoms with Crippen LogP contribution in [0.3, 0.4) is 0 Å². The Kier molecular flexibility index (Phi) is 3.44. The van der Waals surface area contributed by atoms with E-state index in [0.29, 0.717) is 5.56 Å². The number of allylic oxidation sites excluding steroid dienone is 1. The molecule has 0 aliphatic heterocycles. The van der Waals surface area contributed by atoms with E-state index in [2.05, 4.69) is 0 Å². The van der Waals surface area contributed by atoms with E-state index in [0.717, 1.165) is 11.1 Å². The summed E-state index contributed by atoms with van der Waals surface area (Å²) in [4.78, 5) is 0. The number of aliphatic hydroxyl groups excluding tert-OH is 1. The Morgan fingerprint density at radius 1 is 1.36 bits per heavy atom. The first-order chi connectivity index (χ1) is 6.63. The van der Waals surface area contributed by atoms with E-state index in [1.165, 1.54) is 0 Å². The second-order valence-corrected chi connectivity index (χ2v) is 3.42. The summed E-state index contributed by atoms with van der Waals surface area (Å²) in [5, 5.41) is 18.3. The Bertz CT molecular complexity index is 366. The molecule has 1 rings (SSSR count). The van der Waals surface area contributed by atoms with Crippen LogP contribution in [-0.2, 0) is 0 Å². The van der Waals surface area contributed by atoms with Crippen molar-refractivity contribution in [1.29, 1.82) is 5.26 Å². The van der Waals surface area contributed by atoms with Crippen LogP contribution < -0.4 is 0 Å². The summed E-state index contributed by atoms with van der Waals surface area (Å²) >= 11 is 0. The van der Waals surface area contributed by atoms with Crippen molar-refractivity contribution in [3.8, 4) is 6.07 Å². The van der Waals surface area contributed by atoms with Crippen LogP contribution in [0.15, 0.2) is 35.9 Å². The van der Waals surface area contributed by atoms with E-state index in [4.69, 9.17) is 5.26 Å². The molecule has 0 saturated heterocycles. The van der Waals surface area contributed by atoms with Gasteiger partial charge in [-0.25, -0.2) is 0 Å². The Morgan fingerprint density at radius 2 is 1.93 bits per heavy atom. The third kappa shape index (κ3) is 2.72. The van der Waals surface area contributed by atoms with Crippen molar-refractivity contribution in [2.24, 2.45) is 0 Å². The van der Waals surface area contributed by atoms with E-state index in [1.54, 1.807) is 30.3 Å². The van der Waals surface area contributed by atoms with Crippen LogP contribution in [0.5, 0.6) is 0 Å². The average Bonchev–Trinajstić information content (AvgIpc) is 2.17. The molecule has 0 fully saturated rings. The number of rotatable bonds is 2. The molecule has 2 heteroatoms. The summed E-state index contributed by atoms with van der Waals surface area (Å²) in [6.07, 6.45) is 1.20. The standard InChI is InChI=1S/C12H13NO/c1-9(2)7-12(14)11-5-3-10(8-13)4-6-11/h3-7,12,14H,1-2H3. The minimum atomic E-state index is -0.576. The maximum Gasteiger partial charge on any atom is 0.0991 e. The normalized spacial score (nSPS) is 11.6. The van der Waals surface area contributed by atoms with Gasteiger partial charge in [0.2, 0.25) is 0 Å². The van der Waals surface area contributed by atoms with Crippen molar-refractivity contribution in [3.05, 3.63) is 47.0 Å². The first kappa shape index (κ1) is 10.5. The molecule has 0 aliphatic rings. The van der Waals surface area contributed by atoms with Crippen molar-refractivity contribution >= 4 is 0 Å². The third-order valence-corrected chi connectivity index (χ3v) is 1.87. The van der Waals surface area contributed by atoms with Gasteiger partial charge in [-0.2, -0.15) is 5.26 Å². The Balaban J connectivity index is 2.88. The van der Waals surface area contributed by atoms with Gasteiger partial charge >= 0.3 is 0 Å². The lowest BCUT2D eigenvalue weighted by atomic mass is 10.1. The van der Waals surface area contributed by atoms with Crippen LogP contribution in [0.1, 0.15) is 31.1 Å². The lowest BCUT2D eigenvalue weighted by Crippen LogP contribution is -1.93. The van der Waals surface area contributed by atoms with Gasteiger partial charge in [0.1, 0.15) is 0 Å². The number of nitrogens with zero attached hydrogens (tertiary/aromatic N) is 1. The fraction of sp³-hybridized carbons (Fsp3) is 0.250. The molecule has 1 atom stereocenters. The molecule has 1 N–H and O–H groups in total. The van der Waals surface area contributed by atoms with Crippen molar-refractivity contribution in [2.45, 2.75) is 20.0 Å². The minimum Gasteiger partial charge on any atom is -0.384 e. The summed E-state index contributed by atoms with van der Waals surface area (Å²) in [5.74, 6) is 0. The maximum absolute atomic E-state index is 9.70. The topological polar surface area (TPSA) is 44.0 Å². The minimum absolute atomic E-state index is 0.576. The molecule has 0 radical (unpaired) electrons. The molecule has 0 aliphatic carbocycles. The van der Waals surface area contributed by atoms with Crippen molar-refractivity contribution in [2.75, 3.05) is 0 Å². The zero-order valence-corrected chi connectivity index (χ0v) is 8.36. The highest BCUT2D eigenvalue weighted by Crippen LogP contribution is 2.16. The molecule has 0 amide bonds. The van der Waals surface area contributed by atoms with Gasteiger partial charge in [0.15, 0.2) is 0 Å². The zero-order chi connectivity index (χ0) is 10.6. The molecule has 1 aromatic rings. The SMILES string of the molecule is CC(C)=CC(O)c1ccc(C#N)cc1. The quantitative estimate of drug-likeness (QED) is 0.723. The van der Waals surface area contributed by atoms with Gasteiger partial charge < -0.3 is 5.11 Å². The number of nitriles is 1. The molecule has 2 nitrogen and oxygen atoms in total. The first-order valence-corrected chi connectivity index (χ1v) is 4.46. The van der Waals surface area contributed by atoms with Crippen LogP contribution in [0.2, 0.25) is 0 Å². The number of hydrogen-bond acceptors (Lipinski definition) is 2. The maximum atomic E-state index is 9.70. The second-order valence-electron chi connectivity index (χ2n) is 3.42. The highest BCUT2D eigenvalue weighted by molar-refractivity contribution is 5.33. The molecule has 1 unspecified atom stereocenters. The highest BCUT2D eigenvalue weighted by atomic mass is 16.3. The van der Waals surface area contributed by atoms with Crippen LogP contribution in [0.4, 0.5) is 0 Å². The van der Waals surface area contributed by atoms with E-state index in [9.17, 15) is 5.11 Å². The molecule has 0 saturated carbocycles. The Labute approximate surface area is 84.1 Å². The number of hydrogen-bond donors (Lipinski definition) is 1. The summed E-state index contributed by atoms with van der Waals surface area (Å²) in [7, 11) is 0. The van der Waals surface area contributed by atoms with Gasteiger partial charge in [0.05, 0.1) is 17.7 Å². The van der Waals surface area contributed by atoms with Crippen molar-refractivity contribution in [3.63, 3.8) is 0 Å². The zero-order valence-electron chi connectivity index (χ0n) is 8.36. The predicted molar refractivity (Wildman–Crippen MR) is 55.5 cm³/mol. The van der Waals surface area contributed by atoms with Gasteiger partial charge in [-0.1, -0.05) is 23.8 Å². The predicted octanol–water partition coefficient (Wildman–Crippen LogP) is 2.56. The van der Waals surface area contributed by atoms with Gasteiger partial charge in [0.25, 0.3) is 0 Å². The lowest BCUT2D eigenvalue weighted by molar-refractivity contribution is 0.227. The monoisotopic (exact) mass is 187 g/mol. The third-order valence-electron chi connectivity index (χ3n) is 1.87. The lowest BCUT2D eigenvalue weighted by Gasteiger charge is -2.06. The fourth-order valence-electron chi connectivity index (χ4n) is 1.17. The Morgan fingerprint density at radius 3 is 2.36 bits per heavy atom. The van der Waals surface area contributed by atoms with Crippen LogP contribution in [-0.4, -0.2) is 5.11 Å². The van der Waals surface area contributed by atoms with Crippen LogP contribution in [0, 0.1) is 11.3 Å². The van der Waals surface area contributed by atoms with Crippen molar-refractivity contribution < 1.29 is 5.11 Å². The summed E-state index contributed by atoms with van der Waals surface area (Å²) in [6, 6.07) is 8.98. The summed E-state index contributed by atoms with van der Waals surface area (Å²) < 4.78 is 0. The number of aliphatic hydroxyl groups is 1. The highest BCUT2D eigenvalue weighted by Gasteiger charge is 2.02. The fourth-order valence-corrected chi connectivity index (χ4v) is 1.17. The van der Waals surface area contributed by atoms with E-state index < -0.39 is 6.10 Å². The average molecular weight is 187 g/mol. The molecule has 0 spiro atoms. The van der Waals surface area contributed by atoms with Gasteiger partial charge in [-0.15, -0.1) is 0 Å². The van der Waals surface area contributed by atoms with Crippen LogP contribution >= 0.6 is 0 Å². The van der Waals surface area contributed by atoms with E-state index in [1.807, 2.05) is 19.9 Å². The van der Waals surface area contributed by atoms with Gasteiger partial charge in [-0.05, 0) is 31.5 Å². The second kappa shape index (κ2) is 4.59. The Hall–Kier alpha value is -1.59. The molecule has 14 heavy (non-hydrogen) atoms. The first-order valence-electron chi connectivity index (χ1n) is 4.46. The van der Waals surface area contributed by atoms with Gasteiger partial charge in [-0.3, -0.25) is 0 Å².